The molecule has 1 aromatic rings. The van der Waals surface area contributed by atoms with Crippen LogP contribution in [0.5, 0.6) is 5.75 Å². The summed E-state index contributed by atoms with van der Waals surface area (Å²) < 4.78 is 5.67. The van der Waals surface area contributed by atoms with Gasteiger partial charge >= 0.3 is 0 Å². The molecule has 1 spiro atoms. The molecule has 0 unspecified atom stereocenters. The molecular weight excluding hydrogens is 312 g/mol. The van der Waals surface area contributed by atoms with Gasteiger partial charge in [0.1, 0.15) is 5.75 Å². The Bertz CT molecular complexity index is 546. The van der Waals surface area contributed by atoms with E-state index in [-0.39, 0.29) is 24.9 Å². The summed E-state index contributed by atoms with van der Waals surface area (Å²) in [6, 6.07) is 5.97. The van der Waals surface area contributed by atoms with E-state index in [0.717, 1.165) is 44.8 Å². The summed E-state index contributed by atoms with van der Waals surface area (Å²) in [6.45, 7) is 8.27. The normalized spacial score (nSPS) is 19.5. The number of piperidine rings is 1. The van der Waals surface area contributed by atoms with Crippen LogP contribution >= 0.6 is 12.4 Å². The van der Waals surface area contributed by atoms with E-state index in [0.29, 0.717) is 5.41 Å². The maximum atomic E-state index is 12.3. The van der Waals surface area contributed by atoms with Crippen molar-refractivity contribution < 1.29 is 9.53 Å². The third-order valence-corrected chi connectivity index (χ3v) is 5.35. The summed E-state index contributed by atoms with van der Waals surface area (Å²) in [5.74, 6) is 0.893. The van der Waals surface area contributed by atoms with E-state index in [2.05, 4.69) is 19.2 Å². The Morgan fingerprint density at radius 1 is 1.22 bits per heavy atom. The van der Waals surface area contributed by atoms with Crippen molar-refractivity contribution in [3.63, 3.8) is 0 Å². The Morgan fingerprint density at radius 3 is 2.57 bits per heavy atom. The number of hydrogen-bond acceptors (Lipinski definition) is 3. The second-order valence-corrected chi connectivity index (χ2v) is 6.84. The second-order valence-electron chi connectivity index (χ2n) is 6.84. The molecular formula is C18H27ClN2O2. The summed E-state index contributed by atoms with van der Waals surface area (Å²) in [5, 5.41) is 3.46. The van der Waals surface area contributed by atoms with E-state index in [1.807, 2.05) is 23.1 Å². The van der Waals surface area contributed by atoms with Crippen molar-refractivity contribution in [2.75, 3.05) is 32.8 Å². The highest BCUT2D eigenvalue weighted by molar-refractivity contribution is 5.85. The van der Waals surface area contributed by atoms with Crippen molar-refractivity contribution in [3.05, 3.63) is 29.3 Å². The number of nitrogens with one attached hydrogen (secondary N) is 1. The standard InChI is InChI=1S/C18H26N2O2.ClH/c1-14-3-4-16(11-15(14)2)22-12-17(21)20-9-6-18(7-10-20)5-8-19-13-18;/h3-4,11,19H,5-10,12-13H2,1-2H3;1H. The van der Waals surface area contributed by atoms with Gasteiger partial charge < -0.3 is 15.0 Å². The molecule has 2 saturated heterocycles. The summed E-state index contributed by atoms with van der Waals surface area (Å²) in [7, 11) is 0. The number of carbonyl (C=O) groups is 1. The van der Waals surface area contributed by atoms with Crippen LogP contribution in [0.25, 0.3) is 0 Å². The molecule has 0 radical (unpaired) electrons. The number of aryl methyl sites for hydroxylation is 2. The Labute approximate surface area is 145 Å². The average Bonchev–Trinajstić information content (AvgIpc) is 2.97. The van der Waals surface area contributed by atoms with Gasteiger partial charge in [-0.2, -0.15) is 0 Å². The van der Waals surface area contributed by atoms with Crippen molar-refractivity contribution in [1.82, 2.24) is 10.2 Å². The van der Waals surface area contributed by atoms with Gasteiger partial charge in [0.15, 0.2) is 6.61 Å². The van der Waals surface area contributed by atoms with Crippen molar-refractivity contribution >= 4 is 18.3 Å². The van der Waals surface area contributed by atoms with Crippen molar-refractivity contribution in [1.29, 1.82) is 0 Å². The van der Waals surface area contributed by atoms with Gasteiger partial charge in [-0.05, 0) is 68.3 Å². The van der Waals surface area contributed by atoms with E-state index in [9.17, 15) is 4.79 Å². The summed E-state index contributed by atoms with van der Waals surface area (Å²) >= 11 is 0. The molecule has 0 aromatic heterocycles. The molecule has 5 heteroatoms. The zero-order chi connectivity index (χ0) is 15.6. The first-order valence-corrected chi connectivity index (χ1v) is 8.27. The third-order valence-electron chi connectivity index (χ3n) is 5.35. The molecule has 2 aliphatic heterocycles. The minimum atomic E-state index is 0. The van der Waals surface area contributed by atoms with Gasteiger partial charge in [0.25, 0.3) is 5.91 Å². The number of carbonyl (C=O) groups excluding carboxylic acids is 1. The van der Waals surface area contributed by atoms with Crippen LogP contribution in [-0.2, 0) is 4.79 Å². The number of amides is 1. The molecule has 128 valence electrons. The summed E-state index contributed by atoms with van der Waals surface area (Å²) in [4.78, 5) is 14.3. The van der Waals surface area contributed by atoms with E-state index < -0.39 is 0 Å². The molecule has 0 atom stereocenters. The second kappa shape index (κ2) is 7.54. The molecule has 2 fully saturated rings. The summed E-state index contributed by atoms with van der Waals surface area (Å²) in [6.07, 6.45) is 3.50. The highest BCUT2D eigenvalue weighted by Gasteiger charge is 2.37. The maximum Gasteiger partial charge on any atom is 0.260 e. The highest BCUT2D eigenvalue weighted by atomic mass is 35.5. The van der Waals surface area contributed by atoms with Crippen LogP contribution in [0, 0.1) is 19.3 Å². The Hall–Kier alpha value is -1.26. The van der Waals surface area contributed by atoms with Crippen LogP contribution in [0.2, 0.25) is 0 Å². The van der Waals surface area contributed by atoms with Crippen LogP contribution in [0.1, 0.15) is 30.4 Å². The molecule has 4 nitrogen and oxygen atoms in total. The minimum absolute atomic E-state index is 0. The van der Waals surface area contributed by atoms with Gasteiger partial charge in [0, 0.05) is 19.6 Å². The van der Waals surface area contributed by atoms with Crippen molar-refractivity contribution in [2.24, 2.45) is 5.41 Å². The number of likely N-dealkylation sites (tertiary alicyclic amines) is 1. The lowest BCUT2D eigenvalue weighted by Gasteiger charge is -2.38. The Balaban J connectivity index is 0.00000192. The molecule has 23 heavy (non-hydrogen) atoms. The van der Waals surface area contributed by atoms with Gasteiger partial charge in [-0.3, -0.25) is 4.79 Å². The van der Waals surface area contributed by atoms with Crippen LogP contribution < -0.4 is 10.1 Å². The lowest BCUT2D eigenvalue weighted by atomic mass is 9.78. The first-order chi connectivity index (χ1) is 10.6. The van der Waals surface area contributed by atoms with E-state index in [1.54, 1.807) is 0 Å². The van der Waals surface area contributed by atoms with Crippen LogP contribution in [0.4, 0.5) is 0 Å². The third kappa shape index (κ3) is 4.18. The number of hydrogen-bond donors (Lipinski definition) is 1. The van der Waals surface area contributed by atoms with Crippen LogP contribution in [-0.4, -0.2) is 43.6 Å². The molecule has 0 aliphatic carbocycles. The highest BCUT2D eigenvalue weighted by Crippen LogP contribution is 2.36. The zero-order valence-corrected chi connectivity index (χ0v) is 14.9. The molecule has 0 bridgehead atoms. The molecule has 3 rings (SSSR count). The first-order valence-electron chi connectivity index (χ1n) is 8.27. The number of halogens is 1. The lowest BCUT2D eigenvalue weighted by molar-refractivity contribution is -0.135. The Morgan fingerprint density at radius 2 is 1.96 bits per heavy atom. The fourth-order valence-corrected chi connectivity index (χ4v) is 3.49. The van der Waals surface area contributed by atoms with Gasteiger partial charge in [0.05, 0.1) is 0 Å². The minimum Gasteiger partial charge on any atom is -0.484 e. The lowest BCUT2D eigenvalue weighted by Crippen LogP contribution is -2.45. The van der Waals surface area contributed by atoms with Crippen LogP contribution in [0.15, 0.2) is 18.2 Å². The van der Waals surface area contributed by atoms with Crippen molar-refractivity contribution in [2.45, 2.75) is 33.1 Å². The van der Waals surface area contributed by atoms with Gasteiger partial charge in [-0.25, -0.2) is 0 Å². The number of nitrogens with zero attached hydrogens (tertiary/aromatic N) is 1. The monoisotopic (exact) mass is 338 g/mol. The first kappa shape index (κ1) is 18.1. The number of rotatable bonds is 3. The smallest absolute Gasteiger partial charge is 0.260 e. The zero-order valence-electron chi connectivity index (χ0n) is 14.1. The predicted molar refractivity (Wildman–Crippen MR) is 94.4 cm³/mol. The fraction of sp³-hybridized carbons (Fsp3) is 0.611. The molecule has 2 aliphatic rings. The maximum absolute atomic E-state index is 12.3. The van der Waals surface area contributed by atoms with Gasteiger partial charge in [0.2, 0.25) is 0 Å². The molecule has 1 amide bonds. The van der Waals surface area contributed by atoms with E-state index in [1.165, 1.54) is 17.5 Å². The molecule has 1 N–H and O–H groups in total. The molecule has 1 aromatic carbocycles. The fourth-order valence-electron chi connectivity index (χ4n) is 3.49. The van der Waals surface area contributed by atoms with E-state index >= 15 is 0 Å². The Kier molecular flexibility index (Phi) is 5.93. The molecule has 2 heterocycles. The number of benzene rings is 1. The van der Waals surface area contributed by atoms with Crippen molar-refractivity contribution in [3.8, 4) is 5.75 Å². The largest absolute Gasteiger partial charge is 0.484 e. The van der Waals surface area contributed by atoms with Gasteiger partial charge in [-0.1, -0.05) is 6.07 Å². The van der Waals surface area contributed by atoms with Gasteiger partial charge in [-0.15, -0.1) is 12.4 Å². The number of ether oxygens (including phenoxy) is 1. The summed E-state index contributed by atoms with van der Waals surface area (Å²) in [5.41, 5.74) is 2.88. The predicted octanol–water partition coefficient (Wildman–Crippen LogP) is 2.71. The quantitative estimate of drug-likeness (QED) is 0.921. The van der Waals surface area contributed by atoms with Crippen LogP contribution in [0.3, 0.4) is 0 Å². The average molecular weight is 339 g/mol. The SMILES string of the molecule is Cc1ccc(OCC(=O)N2CCC3(CCNC3)CC2)cc1C.Cl. The molecule has 0 saturated carbocycles. The topological polar surface area (TPSA) is 41.6 Å². The van der Waals surface area contributed by atoms with E-state index in [4.69, 9.17) is 4.74 Å².